The molecule has 1 amide bonds. The average molecular weight is 318 g/mol. The summed E-state index contributed by atoms with van der Waals surface area (Å²) < 4.78 is 0. The number of nitrogens with zero attached hydrogens (tertiary/aromatic N) is 2. The topological polar surface area (TPSA) is 56.1 Å². The molecule has 1 fully saturated rings. The maximum atomic E-state index is 12.2. The van der Waals surface area contributed by atoms with Gasteiger partial charge in [0.25, 0.3) is 5.91 Å². The molecule has 0 radical (unpaired) electrons. The second-order valence-electron chi connectivity index (χ2n) is 5.55. The number of halogens is 1. The number of carbonyl (C=O) groups excluding carboxylic acids is 1. The lowest BCUT2D eigenvalue weighted by Crippen LogP contribution is -2.30. The van der Waals surface area contributed by atoms with Crippen molar-refractivity contribution in [1.29, 1.82) is 5.26 Å². The molecule has 1 aromatic carbocycles. The summed E-state index contributed by atoms with van der Waals surface area (Å²) in [6.45, 7) is 0. The lowest BCUT2D eigenvalue weighted by atomic mass is 9.94. The van der Waals surface area contributed by atoms with Crippen LogP contribution in [0.2, 0.25) is 5.02 Å². The van der Waals surface area contributed by atoms with Crippen molar-refractivity contribution in [1.82, 2.24) is 4.90 Å². The number of para-hydroxylation sites is 1. The minimum Gasteiger partial charge on any atom is -0.376 e. The zero-order valence-corrected chi connectivity index (χ0v) is 13.4. The molecule has 0 heterocycles. The van der Waals surface area contributed by atoms with Gasteiger partial charge in [-0.1, -0.05) is 43.0 Å². The Morgan fingerprint density at radius 1 is 1.36 bits per heavy atom. The van der Waals surface area contributed by atoms with Gasteiger partial charge in [0, 0.05) is 19.3 Å². The van der Waals surface area contributed by atoms with E-state index in [1.54, 1.807) is 30.5 Å². The molecule has 116 valence electrons. The van der Waals surface area contributed by atoms with E-state index >= 15 is 0 Å². The summed E-state index contributed by atoms with van der Waals surface area (Å²) in [5.41, 5.74) is 0.601. The second kappa shape index (κ2) is 7.86. The molecule has 1 aliphatic carbocycles. The Balaban J connectivity index is 2.06. The molecule has 4 nitrogen and oxygen atoms in total. The molecule has 22 heavy (non-hydrogen) atoms. The van der Waals surface area contributed by atoms with Crippen molar-refractivity contribution >= 4 is 23.2 Å². The standard InChI is InChI=1S/C17H20ClN3O/c1-21(14-7-3-2-4-8-14)12-13(11-19)17(22)20-16-10-6-5-9-15(16)18/h5-6,9-10,12,14H,2-4,7-8H2,1H3,(H,20,22)/b13-12-. The zero-order valence-electron chi connectivity index (χ0n) is 12.7. The van der Waals surface area contributed by atoms with Crippen LogP contribution in [0.1, 0.15) is 32.1 Å². The van der Waals surface area contributed by atoms with Crippen molar-refractivity contribution in [2.24, 2.45) is 0 Å². The Morgan fingerprint density at radius 3 is 2.68 bits per heavy atom. The summed E-state index contributed by atoms with van der Waals surface area (Å²) in [5, 5.41) is 12.4. The van der Waals surface area contributed by atoms with Gasteiger partial charge in [-0.2, -0.15) is 5.26 Å². The van der Waals surface area contributed by atoms with Gasteiger partial charge in [0.15, 0.2) is 0 Å². The molecule has 0 aromatic heterocycles. The molecule has 0 aliphatic heterocycles. The molecule has 1 N–H and O–H groups in total. The number of anilines is 1. The minimum atomic E-state index is -0.432. The first kappa shape index (κ1) is 16.4. The van der Waals surface area contributed by atoms with Crippen LogP contribution in [-0.2, 0) is 4.79 Å². The maximum Gasteiger partial charge on any atom is 0.267 e. The first-order valence-electron chi connectivity index (χ1n) is 7.51. The first-order valence-corrected chi connectivity index (χ1v) is 7.89. The highest BCUT2D eigenvalue weighted by Gasteiger charge is 2.18. The highest BCUT2D eigenvalue weighted by Crippen LogP contribution is 2.23. The number of rotatable bonds is 4. The fourth-order valence-corrected chi connectivity index (χ4v) is 2.87. The molecule has 0 spiro atoms. The van der Waals surface area contributed by atoms with Crippen LogP contribution in [0.3, 0.4) is 0 Å². The molecular formula is C17H20ClN3O. The molecular weight excluding hydrogens is 298 g/mol. The number of carbonyl (C=O) groups is 1. The summed E-state index contributed by atoms with van der Waals surface area (Å²) in [7, 11) is 1.93. The molecule has 1 aliphatic rings. The van der Waals surface area contributed by atoms with E-state index in [1.165, 1.54) is 19.3 Å². The molecule has 5 heteroatoms. The summed E-state index contributed by atoms with van der Waals surface area (Å²) in [4.78, 5) is 14.2. The van der Waals surface area contributed by atoms with E-state index in [4.69, 9.17) is 11.6 Å². The van der Waals surface area contributed by atoms with Gasteiger partial charge in [0.1, 0.15) is 11.6 Å². The zero-order chi connectivity index (χ0) is 15.9. The third-order valence-electron chi connectivity index (χ3n) is 3.97. The first-order chi connectivity index (χ1) is 10.6. The number of hydrogen-bond acceptors (Lipinski definition) is 3. The van der Waals surface area contributed by atoms with Crippen molar-refractivity contribution < 1.29 is 4.79 Å². The Hall–Kier alpha value is -1.99. The van der Waals surface area contributed by atoms with Crippen LogP contribution in [0.15, 0.2) is 36.0 Å². The molecule has 2 rings (SSSR count). The third-order valence-corrected chi connectivity index (χ3v) is 4.30. The van der Waals surface area contributed by atoms with E-state index in [2.05, 4.69) is 5.32 Å². The van der Waals surface area contributed by atoms with Crippen LogP contribution in [0.25, 0.3) is 0 Å². The van der Waals surface area contributed by atoms with Crippen LogP contribution < -0.4 is 5.32 Å². The number of hydrogen-bond donors (Lipinski definition) is 1. The van der Waals surface area contributed by atoms with Crippen molar-refractivity contribution in [3.63, 3.8) is 0 Å². The third kappa shape index (κ3) is 4.25. The van der Waals surface area contributed by atoms with Crippen molar-refractivity contribution in [3.05, 3.63) is 41.1 Å². The summed E-state index contributed by atoms with van der Waals surface area (Å²) in [6, 6.07) is 9.36. The summed E-state index contributed by atoms with van der Waals surface area (Å²) in [5.74, 6) is -0.432. The average Bonchev–Trinajstić information content (AvgIpc) is 2.55. The predicted octanol–water partition coefficient (Wildman–Crippen LogP) is 3.95. The van der Waals surface area contributed by atoms with Gasteiger partial charge in [-0.15, -0.1) is 0 Å². The van der Waals surface area contributed by atoms with Gasteiger partial charge < -0.3 is 10.2 Å². The van der Waals surface area contributed by atoms with Gasteiger partial charge in [-0.05, 0) is 25.0 Å². The van der Waals surface area contributed by atoms with Crippen LogP contribution in [0.5, 0.6) is 0 Å². The molecule has 0 bridgehead atoms. The van der Waals surface area contributed by atoms with Gasteiger partial charge in [0.05, 0.1) is 10.7 Å². The van der Waals surface area contributed by atoms with Crippen molar-refractivity contribution in [2.75, 3.05) is 12.4 Å². The molecule has 0 unspecified atom stereocenters. The van der Waals surface area contributed by atoms with Crippen molar-refractivity contribution in [2.45, 2.75) is 38.1 Å². The number of nitrogens with one attached hydrogen (secondary N) is 1. The highest BCUT2D eigenvalue weighted by molar-refractivity contribution is 6.33. The lowest BCUT2D eigenvalue weighted by Gasteiger charge is -2.30. The van der Waals surface area contributed by atoms with E-state index in [9.17, 15) is 10.1 Å². The van der Waals surface area contributed by atoms with Gasteiger partial charge in [0.2, 0.25) is 0 Å². The van der Waals surface area contributed by atoms with Crippen LogP contribution in [0.4, 0.5) is 5.69 Å². The Morgan fingerprint density at radius 2 is 2.05 bits per heavy atom. The van der Waals surface area contributed by atoms with Gasteiger partial charge >= 0.3 is 0 Å². The smallest absolute Gasteiger partial charge is 0.267 e. The monoisotopic (exact) mass is 317 g/mol. The SMILES string of the molecule is CN(/C=C(/C#N)C(=O)Nc1ccccc1Cl)C1CCCCC1. The van der Waals surface area contributed by atoms with Gasteiger partial charge in [-0.3, -0.25) is 4.79 Å². The highest BCUT2D eigenvalue weighted by atomic mass is 35.5. The van der Waals surface area contributed by atoms with Crippen LogP contribution in [0, 0.1) is 11.3 Å². The van der Waals surface area contributed by atoms with E-state index in [-0.39, 0.29) is 5.57 Å². The fraction of sp³-hybridized carbons (Fsp3) is 0.412. The van der Waals surface area contributed by atoms with Gasteiger partial charge in [-0.25, -0.2) is 0 Å². The van der Waals surface area contributed by atoms with E-state index in [0.717, 1.165) is 12.8 Å². The lowest BCUT2D eigenvalue weighted by molar-refractivity contribution is -0.112. The Labute approximate surface area is 136 Å². The van der Waals surface area contributed by atoms with Crippen molar-refractivity contribution in [3.8, 4) is 6.07 Å². The number of nitriles is 1. The summed E-state index contributed by atoms with van der Waals surface area (Å²) in [6.07, 6.45) is 7.54. The predicted molar refractivity (Wildman–Crippen MR) is 88.4 cm³/mol. The molecule has 0 atom stereocenters. The molecule has 1 aromatic rings. The Kier molecular flexibility index (Phi) is 5.85. The second-order valence-corrected chi connectivity index (χ2v) is 5.95. The van der Waals surface area contributed by atoms with E-state index in [0.29, 0.717) is 16.8 Å². The minimum absolute atomic E-state index is 0.0907. The largest absolute Gasteiger partial charge is 0.376 e. The molecule has 0 saturated heterocycles. The van der Waals surface area contributed by atoms with E-state index < -0.39 is 5.91 Å². The molecule has 1 saturated carbocycles. The van der Waals surface area contributed by atoms with Crippen LogP contribution >= 0.6 is 11.6 Å². The van der Waals surface area contributed by atoms with Crippen LogP contribution in [-0.4, -0.2) is 23.9 Å². The summed E-state index contributed by atoms with van der Waals surface area (Å²) >= 11 is 6.02. The normalized spacial score (nSPS) is 16.0. The maximum absolute atomic E-state index is 12.2. The quantitative estimate of drug-likeness (QED) is 0.675. The Bertz CT molecular complexity index is 600. The number of amides is 1. The van der Waals surface area contributed by atoms with E-state index in [1.807, 2.05) is 18.0 Å². The fourth-order valence-electron chi connectivity index (χ4n) is 2.69. The number of benzene rings is 1.